The maximum Gasteiger partial charge on any atom is 0.0457 e. The van der Waals surface area contributed by atoms with Gasteiger partial charge in [0.1, 0.15) is 0 Å². The fourth-order valence-electron chi connectivity index (χ4n) is 1.95. The molecule has 3 atom stereocenters. The van der Waals surface area contributed by atoms with Gasteiger partial charge < -0.3 is 19.8 Å². The minimum Gasteiger partial charge on any atom is -0.550 e. The van der Waals surface area contributed by atoms with Crippen molar-refractivity contribution < 1.29 is 19.8 Å². The monoisotopic (exact) mass is 234 g/mol. The van der Waals surface area contributed by atoms with Gasteiger partial charge in [0.2, 0.25) is 0 Å². The maximum absolute atomic E-state index is 11.1. The SMILES string of the molecule is C[C@H](c1ccccc1)[C@H](C(=O)[O-])[C@@H](C)C(=O)[O-]. The second-order valence-corrected chi connectivity index (χ2v) is 4.15. The van der Waals surface area contributed by atoms with Crippen molar-refractivity contribution in [3.63, 3.8) is 0 Å². The zero-order valence-electron chi connectivity index (χ0n) is 9.75. The second-order valence-electron chi connectivity index (χ2n) is 4.15. The summed E-state index contributed by atoms with van der Waals surface area (Å²) in [6.45, 7) is 3.00. The summed E-state index contributed by atoms with van der Waals surface area (Å²) in [5.74, 6) is -5.35. The number of aliphatic carboxylic acids is 2. The van der Waals surface area contributed by atoms with E-state index in [4.69, 9.17) is 0 Å². The van der Waals surface area contributed by atoms with Crippen molar-refractivity contribution in [1.29, 1.82) is 0 Å². The van der Waals surface area contributed by atoms with Crippen LogP contribution in [0, 0.1) is 11.8 Å². The highest BCUT2D eigenvalue weighted by molar-refractivity contribution is 5.78. The van der Waals surface area contributed by atoms with Crippen LogP contribution >= 0.6 is 0 Å². The number of benzene rings is 1. The molecule has 0 aliphatic rings. The normalized spacial score (nSPS) is 15.9. The molecule has 1 aromatic rings. The highest BCUT2D eigenvalue weighted by Gasteiger charge is 2.26. The summed E-state index contributed by atoms with van der Waals surface area (Å²) in [6, 6.07) is 8.90. The fraction of sp³-hybridized carbons (Fsp3) is 0.385. The number of carboxylic acids is 2. The van der Waals surface area contributed by atoms with Gasteiger partial charge in [0, 0.05) is 23.8 Å². The molecule has 0 spiro atoms. The van der Waals surface area contributed by atoms with E-state index >= 15 is 0 Å². The molecule has 0 amide bonds. The molecule has 0 aliphatic heterocycles. The third kappa shape index (κ3) is 3.06. The first-order valence-electron chi connectivity index (χ1n) is 5.41. The van der Waals surface area contributed by atoms with E-state index in [0.29, 0.717) is 0 Å². The lowest BCUT2D eigenvalue weighted by molar-refractivity contribution is -0.326. The van der Waals surface area contributed by atoms with Gasteiger partial charge in [0.05, 0.1) is 0 Å². The lowest BCUT2D eigenvalue weighted by atomic mass is 9.80. The van der Waals surface area contributed by atoms with Crippen LogP contribution in [-0.4, -0.2) is 11.9 Å². The summed E-state index contributed by atoms with van der Waals surface area (Å²) in [6.07, 6.45) is 0. The van der Waals surface area contributed by atoms with E-state index in [9.17, 15) is 19.8 Å². The molecule has 1 rings (SSSR count). The second kappa shape index (κ2) is 5.48. The number of carboxylic acid groups (broad SMARTS) is 2. The average molecular weight is 234 g/mol. The first-order chi connectivity index (χ1) is 7.95. The van der Waals surface area contributed by atoms with Gasteiger partial charge in [-0.15, -0.1) is 0 Å². The zero-order chi connectivity index (χ0) is 13.0. The molecule has 0 aromatic heterocycles. The molecule has 0 saturated carbocycles. The van der Waals surface area contributed by atoms with Crippen molar-refractivity contribution in [2.24, 2.45) is 11.8 Å². The molecule has 0 heterocycles. The molecule has 1 aromatic carbocycles. The molecule has 0 fully saturated rings. The van der Waals surface area contributed by atoms with Gasteiger partial charge in [-0.1, -0.05) is 44.2 Å². The van der Waals surface area contributed by atoms with Gasteiger partial charge in [-0.3, -0.25) is 0 Å². The molecule has 0 radical (unpaired) electrons. The highest BCUT2D eigenvalue weighted by Crippen LogP contribution is 2.29. The van der Waals surface area contributed by atoms with Crippen LogP contribution in [-0.2, 0) is 9.59 Å². The molecule has 17 heavy (non-hydrogen) atoms. The van der Waals surface area contributed by atoms with Gasteiger partial charge in [-0.2, -0.15) is 0 Å². The minimum atomic E-state index is -1.37. The molecule has 92 valence electrons. The van der Waals surface area contributed by atoms with Crippen molar-refractivity contribution in [3.8, 4) is 0 Å². The van der Waals surface area contributed by atoms with Gasteiger partial charge in [0.25, 0.3) is 0 Å². The Hall–Kier alpha value is -1.84. The number of hydrogen-bond acceptors (Lipinski definition) is 4. The van der Waals surface area contributed by atoms with E-state index in [1.165, 1.54) is 6.92 Å². The average Bonchev–Trinajstić information content (AvgIpc) is 2.29. The lowest BCUT2D eigenvalue weighted by Gasteiger charge is -2.31. The fourth-order valence-corrected chi connectivity index (χ4v) is 1.95. The third-order valence-electron chi connectivity index (χ3n) is 3.05. The molecule has 0 N–H and O–H groups in total. The predicted molar refractivity (Wildman–Crippen MR) is 57.5 cm³/mol. The van der Waals surface area contributed by atoms with Crippen LogP contribution < -0.4 is 10.2 Å². The third-order valence-corrected chi connectivity index (χ3v) is 3.05. The molecular weight excluding hydrogens is 220 g/mol. The summed E-state index contributed by atoms with van der Waals surface area (Å²) in [5.41, 5.74) is 0.773. The minimum absolute atomic E-state index is 0.436. The Morgan fingerprint density at radius 3 is 1.94 bits per heavy atom. The van der Waals surface area contributed by atoms with Crippen LogP contribution in [0.4, 0.5) is 0 Å². The van der Waals surface area contributed by atoms with Crippen molar-refractivity contribution >= 4 is 11.9 Å². The van der Waals surface area contributed by atoms with Crippen molar-refractivity contribution in [1.82, 2.24) is 0 Å². The molecule has 0 aliphatic carbocycles. The number of carbonyl (C=O) groups is 2. The number of rotatable bonds is 5. The van der Waals surface area contributed by atoms with Crippen LogP contribution in [0.1, 0.15) is 25.3 Å². The van der Waals surface area contributed by atoms with Gasteiger partial charge in [-0.05, 0) is 11.5 Å². The van der Waals surface area contributed by atoms with Crippen molar-refractivity contribution in [2.75, 3.05) is 0 Å². The van der Waals surface area contributed by atoms with Crippen molar-refractivity contribution in [2.45, 2.75) is 19.8 Å². The Morgan fingerprint density at radius 2 is 1.53 bits per heavy atom. The summed E-state index contributed by atoms with van der Waals surface area (Å²) in [5, 5.41) is 21.8. The lowest BCUT2D eigenvalue weighted by Crippen LogP contribution is -2.44. The van der Waals surface area contributed by atoms with E-state index < -0.39 is 29.7 Å². The van der Waals surface area contributed by atoms with Gasteiger partial charge in [0.15, 0.2) is 0 Å². The summed E-state index contributed by atoms with van der Waals surface area (Å²) in [4.78, 5) is 21.8. The van der Waals surface area contributed by atoms with Crippen LogP contribution in [0.25, 0.3) is 0 Å². The number of hydrogen-bond donors (Lipinski definition) is 0. The Kier molecular flexibility index (Phi) is 4.26. The molecule has 4 nitrogen and oxygen atoms in total. The first kappa shape index (κ1) is 13.2. The molecule has 0 bridgehead atoms. The maximum atomic E-state index is 11.1. The molecule has 0 unspecified atom stereocenters. The van der Waals surface area contributed by atoms with Crippen molar-refractivity contribution in [3.05, 3.63) is 35.9 Å². The quantitative estimate of drug-likeness (QED) is 0.690. The highest BCUT2D eigenvalue weighted by atomic mass is 16.4. The predicted octanol–water partition coefficient (Wildman–Crippen LogP) is -0.458. The summed E-state index contributed by atoms with van der Waals surface area (Å²) >= 11 is 0. The molecule has 0 saturated heterocycles. The van der Waals surface area contributed by atoms with Gasteiger partial charge in [-0.25, -0.2) is 0 Å². The Bertz CT molecular complexity index is 399. The van der Waals surface area contributed by atoms with E-state index in [0.717, 1.165) is 5.56 Å². The summed E-state index contributed by atoms with van der Waals surface area (Å²) < 4.78 is 0. The topological polar surface area (TPSA) is 80.3 Å². The van der Waals surface area contributed by atoms with E-state index in [-0.39, 0.29) is 0 Å². The van der Waals surface area contributed by atoms with Crippen LogP contribution in [0.15, 0.2) is 30.3 Å². The Morgan fingerprint density at radius 1 is 1.00 bits per heavy atom. The standard InChI is InChI=1S/C13H16O4/c1-8(10-6-4-3-5-7-10)11(13(16)17)9(2)12(14)15/h3-9,11H,1-2H3,(H,14,15)(H,16,17)/p-2/t8-,9-,11+/m1/s1. The smallest absolute Gasteiger partial charge is 0.0457 e. The van der Waals surface area contributed by atoms with E-state index in [2.05, 4.69) is 0 Å². The zero-order valence-corrected chi connectivity index (χ0v) is 9.75. The summed E-state index contributed by atoms with van der Waals surface area (Å²) in [7, 11) is 0. The molecule has 4 heteroatoms. The Labute approximate surface area is 99.9 Å². The Balaban J connectivity index is 3.00. The van der Waals surface area contributed by atoms with Gasteiger partial charge >= 0.3 is 0 Å². The van der Waals surface area contributed by atoms with E-state index in [1.54, 1.807) is 31.2 Å². The first-order valence-corrected chi connectivity index (χ1v) is 5.41. The van der Waals surface area contributed by atoms with Crippen LogP contribution in [0.5, 0.6) is 0 Å². The number of carbonyl (C=O) groups excluding carboxylic acids is 2. The largest absolute Gasteiger partial charge is 0.550 e. The molecular formula is C13H14O4-2. The van der Waals surface area contributed by atoms with Crippen LogP contribution in [0.2, 0.25) is 0 Å². The van der Waals surface area contributed by atoms with E-state index in [1.807, 2.05) is 6.07 Å². The van der Waals surface area contributed by atoms with Crippen LogP contribution in [0.3, 0.4) is 0 Å².